The fourth-order valence-corrected chi connectivity index (χ4v) is 2.04. The van der Waals surface area contributed by atoms with Crippen LogP contribution in [0.3, 0.4) is 0 Å². The van der Waals surface area contributed by atoms with Crippen molar-refractivity contribution < 1.29 is 4.74 Å². The van der Waals surface area contributed by atoms with E-state index in [0.717, 1.165) is 18.0 Å². The minimum Gasteiger partial charge on any atom is -0.497 e. The Balaban J connectivity index is 2.09. The van der Waals surface area contributed by atoms with E-state index in [2.05, 4.69) is 36.8 Å². The third-order valence-corrected chi connectivity index (χ3v) is 3.43. The van der Waals surface area contributed by atoms with Gasteiger partial charge >= 0.3 is 0 Å². The molecule has 0 unspecified atom stereocenters. The summed E-state index contributed by atoms with van der Waals surface area (Å²) in [5.41, 5.74) is 5.01. The Morgan fingerprint density at radius 1 is 1.22 bits per heavy atom. The summed E-state index contributed by atoms with van der Waals surface area (Å²) in [6.07, 6.45) is 0. The molecule has 2 rings (SSSR count). The maximum atomic E-state index is 5.21. The topological polar surface area (TPSA) is 26.2 Å². The van der Waals surface area contributed by atoms with Gasteiger partial charge in [-0.3, -0.25) is 0 Å². The SMILES string of the molecule is COc1cccc(NCc2cc(C)n(C)c2C)c1. The molecule has 18 heavy (non-hydrogen) atoms. The van der Waals surface area contributed by atoms with Crippen molar-refractivity contribution in [3.8, 4) is 5.75 Å². The van der Waals surface area contributed by atoms with Gasteiger partial charge < -0.3 is 14.6 Å². The summed E-state index contributed by atoms with van der Waals surface area (Å²) in [6, 6.07) is 10.2. The number of nitrogens with zero attached hydrogens (tertiary/aromatic N) is 1. The normalized spacial score (nSPS) is 10.4. The van der Waals surface area contributed by atoms with Crippen LogP contribution < -0.4 is 10.1 Å². The van der Waals surface area contributed by atoms with Crippen LogP contribution in [0.1, 0.15) is 17.0 Å². The molecule has 0 aliphatic heterocycles. The Bertz CT molecular complexity index is 543. The first-order chi connectivity index (χ1) is 8.61. The van der Waals surface area contributed by atoms with Crippen molar-refractivity contribution in [2.75, 3.05) is 12.4 Å². The molecule has 0 aliphatic rings. The van der Waals surface area contributed by atoms with Gasteiger partial charge in [-0.05, 0) is 37.6 Å². The molecular weight excluding hydrogens is 224 g/mol. The molecule has 0 saturated heterocycles. The molecular formula is C15H20N2O. The number of aryl methyl sites for hydroxylation is 1. The monoisotopic (exact) mass is 244 g/mol. The van der Waals surface area contributed by atoms with Crippen molar-refractivity contribution in [2.45, 2.75) is 20.4 Å². The third-order valence-electron chi connectivity index (χ3n) is 3.43. The Morgan fingerprint density at radius 3 is 2.61 bits per heavy atom. The van der Waals surface area contributed by atoms with Crippen LogP contribution >= 0.6 is 0 Å². The number of aromatic nitrogens is 1. The van der Waals surface area contributed by atoms with Crippen LogP contribution in [-0.4, -0.2) is 11.7 Å². The average Bonchev–Trinajstić information content (AvgIpc) is 2.64. The number of ether oxygens (including phenoxy) is 1. The first kappa shape index (κ1) is 12.6. The number of nitrogens with one attached hydrogen (secondary N) is 1. The maximum Gasteiger partial charge on any atom is 0.120 e. The van der Waals surface area contributed by atoms with Gasteiger partial charge in [0.25, 0.3) is 0 Å². The highest BCUT2D eigenvalue weighted by molar-refractivity contribution is 5.48. The van der Waals surface area contributed by atoms with Gasteiger partial charge in [0.1, 0.15) is 5.75 Å². The molecule has 0 amide bonds. The summed E-state index contributed by atoms with van der Waals surface area (Å²) in [5, 5.41) is 3.42. The second-order valence-electron chi connectivity index (χ2n) is 4.54. The number of benzene rings is 1. The molecule has 0 bridgehead atoms. The van der Waals surface area contributed by atoms with E-state index in [-0.39, 0.29) is 0 Å². The number of hydrogen-bond acceptors (Lipinski definition) is 2. The van der Waals surface area contributed by atoms with Gasteiger partial charge in [0.05, 0.1) is 7.11 Å². The molecule has 3 nitrogen and oxygen atoms in total. The minimum absolute atomic E-state index is 0.834. The standard InChI is InChI=1S/C15H20N2O/c1-11-8-13(12(2)17(11)3)10-16-14-6-5-7-15(9-14)18-4/h5-9,16H,10H2,1-4H3. The van der Waals surface area contributed by atoms with Crippen LogP contribution in [0.4, 0.5) is 5.69 Å². The van der Waals surface area contributed by atoms with Crippen LogP contribution in [0.5, 0.6) is 5.75 Å². The summed E-state index contributed by atoms with van der Waals surface area (Å²) in [7, 11) is 3.78. The van der Waals surface area contributed by atoms with Crippen molar-refractivity contribution in [3.05, 3.63) is 47.3 Å². The van der Waals surface area contributed by atoms with E-state index < -0.39 is 0 Å². The summed E-state index contributed by atoms with van der Waals surface area (Å²) in [6.45, 7) is 5.11. The molecule has 1 aromatic carbocycles. The Morgan fingerprint density at radius 2 is 2.00 bits per heavy atom. The highest BCUT2D eigenvalue weighted by Gasteiger charge is 2.05. The van der Waals surface area contributed by atoms with Gasteiger partial charge in [0.15, 0.2) is 0 Å². The van der Waals surface area contributed by atoms with Crippen molar-refractivity contribution >= 4 is 5.69 Å². The highest BCUT2D eigenvalue weighted by atomic mass is 16.5. The Kier molecular flexibility index (Phi) is 3.60. The average molecular weight is 244 g/mol. The van der Waals surface area contributed by atoms with Gasteiger partial charge in [0, 0.05) is 36.7 Å². The zero-order valence-electron chi connectivity index (χ0n) is 11.4. The van der Waals surface area contributed by atoms with Gasteiger partial charge in [-0.15, -0.1) is 0 Å². The van der Waals surface area contributed by atoms with Crippen LogP contribution in [-0.2, 0) is 13.6 Å². The molecule has 0 saturated carbocycles. The number of anilines is 1. The van der Waals surface area contributed by atoms with E-state index in [1.165, 1.54) is 17.0 Å². The molecule has 0 radical (unpaired) electrons. The molecule has 0 atom stereocenters. The third kappa shape index (κ3) is 2.50. The zero-order chi connectivity index (χ0) is 13.1. The first-order valence-electron chi connectivity index (χ1n) is 6.11. The lowest BCUT2D eigenvalue weighted by molar-refractivity contribution is 0.415. The Hall–Kier alpha value is -1.90. The largest absolute Gasteiger partial charge is 0.497 e. The number of methoxy groups -OCH3 is 1. The predicted octanol–water partition coefficient (Wildman–Crippen LogP) is 3.26. The second kappa shape index (κ2) is 5.17. The van der Waals surface area contributed by atoms with Crippen molar-refractivity contribution in [1.29, 1.82) is 0 Å². The van der Waals surface area contributed by atoms with E-state index in [4.69, 9.17) is 4.74 Å². The summed E-state index contributed by atoms with van der Waals surface area (Å²) < 4.78 is 7.42. The van der Waals surface area contributed by atoms with Gasteiger partial charge in [0.2, 0.25) is 0 Å². The molecule has 3 heteroatoms. The molecule has 2 aromatic rings. The van der Waals surface area contributed by atoms with Crippen LogP contribution in [0.25, 0.3) is 0 Å². The van der Waals surface area contributed by atoms with E-state index in [0.29, 0.717) is 0 Å². The molecule has 0 aliphatic carbocycles. The number of rotatable bonds is 4. The fraction of sp³-hybridized carbons (Fsp3) is 0.333. The van der Waals surface area contributed by atoms with Crippen LogP contribution in [0.15, 0.2) is 30.3 Å². The minimum atomic E-state index is 0.834. The maximum absolute atomic E-state index is 5.21. The summed E-state index contributed by atoms with van der Waals surface area (Å²) in [5.74, 6) is 0.876. The molecule has 1 N–H and O–H groups in total. The van der Waals surface area contributed by atoms with Crippen molar-refractivity contribution in [3.63, 3.8) is 0 Å². The van der Waals surface area contributed by atoms with Gasteiger partial charge in [-0.1, -0.05) is 6.07 Å². The van der Waals surface area contributed by atoms with E-state index >= 15 is 0 Å². The quantitative estimate of drug-likeness (QED) is 0.893. The molecule has 1 aromatic heterocycles. The van der Waals surface area contributed by atoms with Crippen molar-refractivity contribution in [2.24, 2.45) is 7.05 Å². The lowest BCUT2D eigenvalue weighted by Gasteiger charge is -2.08. The van der Waals surface area contributed by atoms with Crippen LogP contribution in [0, 0.1) is 13.8 Å². The molecule has 1 heterocycles. The predicted molar refractivity (Wildman–Crippen MR) is 75.2 cm³/mol. The summed E-state index contributed by atoms with van der Waals surface area (Å²) >= 11 is 0. The van der Waals surface area contributed by atoms with E-state index in [1.807, 2.05) is 24.3 Å². The molecule has 0 spiro atoms. The fourth-order valence-electron chi connectivity index (χ4n) is 2.04. The lowest BCUT2D eigenvalue weighted by atomic mass is 10.2. The smallest absolute Gasteiger partial charge is 0.120 e. The Labute approximate surface area is 108 Å². The van der Waals surface area contributed by atoms with E-state index in [9.17, 15) is 0 Å². The zero-order valence-corrected chi connectivity index (χ0v) is 11.4. The molecule has 96 valence electrons. The summed E-state index contributed by atoms with van der Waals surface area (Å²) in [4.78, 5) is 0. The van der Waals surface area contributed by atoms with Gasteiger partial charge in [-0.25, -0.2) is 0 Å². The second-order valence-corrected chi connectivity index (χ2v) is 4.54. The molecule has 0 fully saturated rings. The van der Waals surface area contributed by atoms with Gasteiger partial charge in [-0.2, -0.15) is 0 Å². The number of hydrogen-bond donors (Lipinski definition) is 1. The van der Waals surface area contributed by atoms with Crippen molar-refractivity contribution in [1.82, 2.24) is 4.57 Å². The van der Waals surface area contributed by atoms with E-state index in [1.54, 1.807) is 7.11 Å². The first-order valence-corrected chi connectivity index (χ1v) is 6.11. The lowest BCUT2D eigenvalue weighted by Crippen LogP contribution is -2.01. The highest BCUT2D eigenvalue weighted by Crippen LogP contribution is 2.19. The van der Waals surface area contributed by atoms with Crippen LogP contribution in [0.2, 0.25) is 0 Å².